The van der Waals surface area contributed by atoms with Gasteiger partial charge in [-0.2, -0.15) is 0 Å². The molecule has 100 valence electrons. The van der Waals surface area contributed by atoms with E-state index in [1.807, 2.05) is 0 Å². The molecule has 17 heavy (non-hydrogen) atoms. The molecular formula is C11H26AlN2O2Si-. The molecule has 1 amide bonds. The van der Waals surface area contributed by atoms with Gasteiger partial charge in [0, 0.05) is 0 Å². The van der Waals surface area contributed by atoms with Crippen molar-refractivity contribution in [1.82, 2.24) is 10.2 Å². The number of nitrogens with one attached hydrogen (secondary N) is 1. The molecule has 0 radical (unpaired) electrons. The quantitative estimate of drug-likeness (QED) is 0.759. The average molecular weight is 273 g/mol. The molecule has 2 atom stereocenters. The number of hydrogen-bond donors (Lipinski definition) is 1. The molecule has 4 nitrogen and oxygen atoms in total. The predicted octanol–water partition coefficient (Wildman–Crippen LogP) is 0.519. The first-order chi connectivity index (χ1) is 7.78. The van der Waals surface area contributed by atoms with Gasteiger partial charge >= 0.3 is 113 Å². The van der Waals surface area contributed by atoms with Crippen LogP contribution in [0.1, 0.15) is 0 Å². The van der Waals surface area contributed by atoms with Crippen LogP contribution in [0.3, 0.4) is 0 Å². The summed E-state index contributed by atoms with van der Waals surface area (Å²) in [6.07, 6.45) is -0.228. The van der Waals surface area contributed by atoms with Crippen molar-refractivity contribution in [3.63, 3.8) is 0 Å². The SMILES string of the molecule is CN1C[C@H](NC(=O)OCC[SiH-](C)(C)C)[C@@H]([AlH2])C1. The zero-order valence-electron chi connectivity index (χ0n) is 11.8. The number of amides is 1. The molecule has 0 spiro atoms. The number of rotatable bonds is 4. The Labute approximate surface area is 114 Å². The number of likely N-dealkylation sites (tertiary alicyclic amines) is 1. The Bertz CT molecular complexity index is 271. The molecule has 0 aliphatic carbocycles. The molecule has 0 aromatic carbocycles. The van der Waals surface area contributed by atoms with Gasteiger partial charge in [-0.15, -0.1) is 0 Å². The van der Waals surface area contributed by atoms with Crippen molar-refractivity contribution in [2.75, 3.05) is 26.7 Å². The normalized spacial score (nSPS) is 26.8. The van der Waals surface area contributed by atoms with E-state index in [0.29, 0.717) is 17.4 Å². The van der Waals surface area contributed by atoms with Crippen LogP contribution in [-0.2, 0) is 4.74 Å². The first-order valence-corrected chi connectivity index (χ1v) is 12.1. The number of carbonyl (C=O) groups excluding carboxylic acids is 1. The topological polar surface area (TPSA) is 41.6 Å². The van der Waals surface area contributed by atoms with E-state index < -0.39 is 8.07 Å². The standard InChI is InChI=1S/C11H24N2O2Si.Al.2H/c1-13-6-5-10(9-13)12-11(14)15-7-8-16(2,3)4;;;/h5,10,16H,6-9H2,1-4H3,(H,12,14);;;/q-1;;;/t10-;;;/m1.../s1. The summed E-state index contributed by atoms with van der Waals surface area (Å²) in [6.45, 7) is 9.58. The Morgan fingerprint density at radius 2 is 2.12 bits per heavy atom. The van der Waals surface area contributed by atoms with Gasteiger partial charge in [0.1, 0.15) is 0 Å². The summed E-state index contributed by atoms with van der Waals surface area (Å²) in [6, 6.07) is 1.36. The van der Waals surface area contributed by atoms with Crippen molar-refractivity contribution in [3.05, 3.63) is 0 Å². The maximum atomic E-state index is 11.6. The van der Waals surface area contributed by atoms with Crippen molar-refractivity contribution >= 4 is 30.5 Å². The van der Waals surface area contributed by atoms with Crippen molar-refractivity contribution in [2.45, 2.75) is 36.5 Å². The second-order valence-electron chi connectivity index (χ2n) is 6.83. The van der Waals surface area contributed by atoms with Crippen molar-refractivity contribution in [1.29, 1.82) is 0 Å². The fourth-order valence-corrected chi connectivity index (χ4v) is 3.92. The molecule has 1 fully saturated rings. The molecule has 1 rings (SSSR count). The van der Waals surface area contributed by atoms with Gasteiger partial charge in [-0.1, -0.05) is 0 Å². The number of hydrogen-bond acceptors (Lipinski definition) is 3. The molecule has 6 heteroatoms. The first kappa shape index (κ1) is 15.0. The van der Waals surface area contributed by atoms with E-state index in [9.17, 15) is 4.79 Å². The Hall–Kier alpha value is -0.0206. The van der Waals surface area contributed by atoms with Crippen LogP contribution in [0.5, 0.6) is 0 Å². The fraction of sp³-hybridized carbons (Fsp3) is 0.909. The summed E-state index contributed by atoms with van der Waals surface area (Å²) in [5.41, 5.74) is 0. The molecule has 1 aliphatic rings. The van der Waals surface area contributed by atoms with Crippen LogP contribution in [0, 0.1) is 0 Å². The third kappa shape index (κ3) is 5.91. The first-order valence-electron chi connectivity index (χ1n) is 6.68. The second-order valence-corrected chi connectivity index (χ2v) is 14.8. The molecule has 1 saturated heterocycles. The van der Waals surface area contributed by atoms with E-state index in [1.54, 1.807) is 0 Å². The number of nitrogens with zero attached hydrogens (tertiary/aromatic N) is 1. The Balaban J connectivity index is 2.21. The van der Waals surface area contributed by atoms with E-state index >= 15 is 0 Å². The van der Waals surface area contributed by atoms with Crippen LogP contribution in [0.4, 0.5) is 4.79 Å². The molecule has 0 bridgehead atoms. The number of likely N-dealkylation sites (N-methyl/N-ethyl adjacent to an activating group) is 1. The van der Waals surface area contributed by atoms with E-state index in [-0.39, 0.29) is 6.09 Å². The van der Waals surface area contributed by atoms with Crippen LogP contribution in [-0.4, -0.2) is 68.1 Å². The van der Waals surface area contributed by atoms with E-state index in [2.05, 4.69) is 36.9 Å². The van der Waals surface area contributed by atoms with Crippen molar-refractivity contribution in [3.8, 4) is 0 Å². The van der Waals surface area contributed by atoms with E-state index in [1.165, 1.54) is 0 Å². The maximum absolute atomic E-state index is 11.6. The van der Waals surface area contributed by atoms with Gasteiger partial charge in [0.25, 0.3) is 0 Å². The van der Waals surface area contributed by atoms with E-state index in [4.69, 9.17) is 4.74 Å². The van der Waals surface area contributed by atoms with Gasteiger partial charge in [0.15, 0.2) is 0 Å². The molecule has 0 aromatic rings. The minimum atomic E-state index is -1.36. The van der Waals surface area contributed by atoms with Gasteiger partial charge < -0.3 is 0 Å². The van der Waals surface area contributed by atoms with E-state index in [0.717, 1.165) is 35.4 Å². The van der Waals surface area contributed by atoms with Crippen LogP contribution in [0.25, 0.3) is 0 Å². The second kappa shape index (κ2) is 6.24. The van der Waals surface area contributed by atoms with Gasteiger partial charge in [0.2, 0.25) is 0 Å². The third-order valence-electron chi connectivity index (χ3n) is 3.32. The summed E-state index contributed by atoms with van der Waals surface area (Å²) in [4.78, 5) is 13.9. The van der Waals surface area contributed by atoms with Gasteiger partial charge in [-0.3, -0.25) is 0 Å². The monoisotopic (exact) mass is 273 g/mol. The average Bonchev–Trinajstić information content (AvgIpc) is 2.42. The van der Waals surface area contributed by atoms with Crippen molar-refractivity contribution in [2.24, 2.45) is 0 Å². The molecule has 0 unspecified atom stereocenters. The summed E-state index contributed by atoms with van der Waals surface area (Å²) < 4.78 is 5.90. The summed E-state index contributed by atoms with van der Waals surface area (Å²) >= 11 is 1.12. The van der Waals surface area contributed by atoms with Gasteiger partial charge in [-0.25, -0.2) is 0 Å². The Morgan fingerprint density at radius 1 is 1.47 bits per heavy atom. The summed E-state index contributed by atoms with van der Waals surface area (Å²) in [7, 11) is 0.739. The zero-order valence-corrected chi connectivity index (χ0v) is 15.0. The van der Waals surface area contributed by atoms with Gasteiger partial charge in [-0.05, 0) is 0 Å². The molecule has 0 saturated carbocycles. The molecular weight excluding hydrogens is 247 g/mol. The van der Waals surface area contributed by atoms with Crippen LogP contribution >= 0.6 is 0 Å². The Kier molecular flexibility index (Phi) is 5.52. The summed E-state index contributed by atoms with van der Waals surface area (Å²) in [5, 5.41) is 3.00. The molecule has 0 aromatic heterocycles. The molecule has 1 N–H and O–H groups in total. The van der Waals surface area contributed by atoms with Crippen LogP contribution in [0.15, 0.2) is 0 Å². The summed E-state index contributed by atoms with van der Waals surface area (Å²) in [5.74, 6) is 0. The van der Waals surface area contributed by atoms with Crippen molar-refractivity contribution < 1.29 is 9.53 Å². The fourth-order valence-electron chi connectivity index (χ4n) is 2.10. The number of alkyl carbamates (subject to hydrolysis) is 1. The molecule has 1 aliphatic heterocycles. The number of ether oxygens (including phenoxy) is 1. The van der Waals surface area contributed by atoms with Crippen LogP contribution in [0.2, 0.25) is 30.5 Å². The Morgan fingerprint density at radius 3 is 2.59 bits per heavy atom. The minimum absolute atomic E-state index is 0.228. The zero-order chi connectivity index (χ0) is 13.1. The number of carbonyl (C=O) groups is 1. The third-order valence-corrected chi connectivity index (χ3v) is 6.45. The molecule has 1 heterocycles. The van der Waals surface area contributed by atoms with Crippen LogP contribution < -0.4 is 5.32 Å². The predicted molar refractivity (Wildman–Crippen MR) is 77.6 cm³/mol. The van der Waals surface area contributed by atoms with Gasteiger partial charge in [0.05, 0.1) is 0 Å².